The molecule has 0 spiro atoms. The summed E-state index contributed by atoms with van der Waals surface area (Å²) >= 11 is 0. The van der Waals surface area contributed by atoms with Crippen molar-refractivity contribution in [1.82, 2.24) is 15.6 Å². The maximum Gasteiger partial charge on any atom is 0.253 e. The molecule has 0 aliphatic carbocycles. The zero-order chi connectivity index (χ0) is 13.0. The molecule has 1 aromatic heterocycles. The molecule has 4 nitrogen and oxygen atoms in total. The SMILES string of the molecule is Cc1ncccc1C(=O)NC(C)C1CCCNC1.Cl.Cl. The summed E-state index contributed by atoms with van der Waals surface area (Å²) in [5.41, 5.74) is 1.46. The van der Waals surface area contributed by atoms with Crippen molar-refractivity contribution in [2.45, 2.75) is 32.7 Å². The Morgan fingerprint density at radius 2 is 2.25 bits per heavy atom. The van der Waals surface area contributed by atoms with E-state index in [4.69, 9.17) is 0 Å². The predicted molar refractivity (Wildman–Crippen MR) is 86.0 cm³/mol. The van der Waals surface area contributed by atoms with Crippen LogP contribution in [0.2, 0.25) is 0 Å². The number of hydrogen-bond donors (Lipinski definition) is 2. The van der Waals surface area contributed by atoms with Crippen LogP contribution in [0.4, 0.5) is 0 Å². The van der Waals surface area contributed by atoms with Crippen molar-refractivity contribution in [2.75, 3.05) is 13.1 Å². The molecule has 2 rings (SSSR count). The van der Waals surface area contributed by atoms with Crippen LogP contribution in [0, 0.1) is 12.8 Å². The first kappa shape index (κ1) is 19.2. The highest BCUT2D eigenvalue weighted by atomic mass is 35.5. The van der Waals surface area contributed by atoms with Crippen molar-refractivity contribution in [3.63, 3.8) is 0 Å². The Morgan fingerprint density at radius 1 is 1.50 bits per heavy atom. The van der Waals surface area contributed by atoms with Gasteiger partial charge in [0.05, 0.1) is 5.56 Å². The predicted octanol–water partition coefficient (Wildman–Crippen LogP) is 2.35. The molecule has 1 aliphatic rings. The van der Waals surface area contributed by atoms with Crippen molar-refractivity contribution in [3.8, 4) is 0 Å². The normalized spacial score (nSPS) is 19.2. The van der Waals surface area contributed by atoms with Crippen LogP contribution in [0.15, 0.2) is 18.3 Å². The van der Waals surface area contributed by atoms with Gasteiger partial charge < -0.3 is 10.6 Å². The minimum Gasteiger partial charge on any atom is -0.349 e. The van der Waals surface area contributed by atoms with E-state index in [1.54, 1.807) is 12.3 Å². The summed E-state index contributed by atoms with van der Waals surface area (Å²) in [6, 6.07) is 3.82. The highest BCUT2D eigenvalue weighted by molar-refractivity contribution is 5.95. The number of rotatable bonds is 3. The van der Waals surface area contributed by atoms with Gasteiger partial charge in [0.15, 0.2) is 0 Å². The zero-order valence-corrected chi connectivity index (χ0v) is 13.5. The highest BCUT2D eigenvalue weighted by Crippen LogP contribution is 2.15. The van der Waals surface area contributed by atoms with Gasteiger partial charge in [-0.3, -0.25) is 9.78 Å². The van der Waals surface area contributed by atoms with E-state index in [2.05, 4.69) is 22.5 Å². The highest BCUT2D eigenvalue weighted by Gasteiger charge is 2.22. The van der Waals surface area contributed by atoms with Gasteiger partial charge in [-0.15, -0.1) is 24.8 Å². The Hall–Kier alpha value is -0.840. The van der Waals surface area contributed by atoms with Crippen LogP contribution in [-0.2, 0) is 0 Å². The van der Waals surface area contributed by atoms with E-state index < -0.39 is 0 Å². The fraction of sp³-hybridized carbons (Fsp3) is 0.571. The lowest BCUT2D eigenvalue weighted by molar-refractivity contribution is 0.0921. The molecule has 2 unspecified atom stereocenters. The van der Waals surface area contributed by atoms with Crippen molar-refractivity contribution in [2.24, 2.45) is 5.92 Å². The molecule has 0 radical (unpaired) electrons. The van der Waals surface area contributed by atoms with E-state index in [9.17, 15) is 4.79 Å². The standard InChI is InChI=1S/C14H21N3O.2ClH/c1-10(12-5-3-7-15-9-12)17-14(18)13-6-4-8-16-11(13)2;;/h4,6,8,10,12,15H,3,5,7,9H2,1-2H3,(H,17,18);2*1H. The van der Waals surface area contributed by atoms with Gasteiger partial charge in [0.1, 0.15) is 0 Å². The van der Waals surface area contributed by atoms with Crippen LogP contribution < -0.4 is 10.6 Å². The van der Waals surface area contributed by atoms with Gasteiger partial charge in [-0.1, -0.05) is 0 Å². The van der Waals surface area contributed by atoms with Crippen LogP contribution >= 0.6 is 24.8 Å². The molecule has 0 saturated carbocycles. The van der Waals surface area contributed by atoms with Gasteiger partial charge in [-0.05, 0) is 57.8 Å². The average Bonchev–Trinajstić information content (AvgIpc) is 2.40. The number of nitrogens with zero attached hydrogens (tertiary/aromatic N) is 1. The van der Waals surface area contributed by atoms with E-state index in [0.717, 1.165) is 18.8 Å². The Morgan fingerprint density at radius 3 is 2.85 bits per heavy atom. The number of amides is 1. The summed E-state index contributed by atoms with van der Waals surface area (Å²) in [5, 5.41) is 6.46. The zero-order valence-electron chi connectivity index (χ0n) is 11.9. The number of hydrogen-bond acceptors (Lipinski definition) is 3. The van der Waals surface area contributed by atoms with Gasteiger partial charge in [0.25, 0.3) is 5.91 Å². The molecule has 6 heteroatoms. The Bertz CT molecular complexity index is 423. The summed E-state index contributed by atoms with van der Waals surface area (Å²) < 4.78 is 0. The van der Waals surface area contributed by atoms with E-state index in [0.29, 0.717) is 11.5 Å². The molecule has 1 saturated heterocycles. The number of pyridine rings is 1. The molecule has 20 heavy (non-hydrogen) atoms. The molecule has 0 aromatic carbocycles. The van der Waals surface area contributed by atoms with Gasteiger partial charge in [0, 0.05) is 17.9 Å². The first-order chi connectivity index (χ1) is 8.68. The van der Waals surface area contributed by atoms with Gasteiger partial charge in [-0.25, -0.2) is 0 Å². The lowest BCUT2D eigenvalue weighted by Gasteiger charge is -2.29. The van der Waals surface area contributed by atoms with Crippen molar-refractivity contribution in [1.29, 1.82) is 0 Å². The molecule has 0 bridgehead atoms. The molecule has 2 heterocycles. The second-order valence-corrected chi connectivity index (χ2v) is 5.00. The molecule has 2 N–H and O–H groups in total. The second-order valence-electron chi connectivity index (χ2n) is 5.00. The van der Waals surface area contributed by atoms with Crippen molar-refractivity contribution < 1.29 is 4.79 Å². The van der Waals surface area contributed by atoms with E-state index in [1.807, 2.05) is 13.0 Å². The number of piperidine rings is 1. The van der Waals surface area contributed by atoms with Gasteiger partial charge in [0.2, 0.25) is 0 Å². The molecule has 1 aromatic rings. The number of carbonyl (C=O) groups excluding carboxylic acids is 1. The second kappa shape index (κ2) is 9.16. The minimum absolute atomic E-state index is 0. The molecule has 1 fully saturated rings. The van der Waals surface area contributed by atoms with Gasteiger partial charge >= 0.3 is 0 Å². The average molecular weight is 320 g/mol. The third-order valence-corrected chi connectivity index (χ3v) is 3.65. The van der Waals surface area contributed by atoms with Crippen LogP contribution in [0.25, 0.3) is 0 Å². The largest absolute Gasteiger partial charge is 0.349 e. The maximum atomic E-state index is 12.1. The van der Waals surface area contributed by atoms with Crippen LogP contribution in [0.5, 0.6) is 0 Å². The number of halogens is 2. The van der Waals surface area contributed by atoms with Crippen LogP contribution in [0.1, 0.15) is 35.8 Å². The fourth-order valence-corrected chi connectivity index (χ4v) is 2.43. The third-order valence-electron chi connectivity index (χ3n) is 3.65. The van der Waals surface area contributed by atoms with Crippen molar-refractivity contribution >= 4 is 30.7 Å². The molecule has 2 atom stereocenters. The topological polar surface area (TPSA) is 54.0 Å². The lowest BCUT2D eigenvalue weighted by Crippen LogP contribution is -2.44. The quantitative estimate of drug-likeness (QED) is 0.899. The van der Waals surface area contributed by atoms with Crippen LogP contribution in [-0.4, -0.2) is 30.0 Å². The molecular weight excluding hydrogens is 297 g/mol. The molecule has 1 aliphatic heterocycles. The number of aromatic nitrogens is 1. The first-order valence-electron chi connectivity index (χ1n) is 6.61. The molecule has 114 valence electrons. The van der Waals surface area contributed by atoms with Crippen molar-refractivity contribution in [3.05, 3.63) is 29.6 Å². The Balaban J connectivity index is 0.00000180. The maximum absolute atomic E-state index is 12.1. The third kappa shape index (κ3) is 4.93. The van der Waals surface area contributed by atoms with E-state index in [1.165, 1.54) is 12.8 Å². The van der Waals surface area contributed by atoms with E-state index in [-0.39, 0.29) is 36.8 Å². The number of nitrogens with one attached hydrogen (secondary N) is 2. The number of carbonyl (C=O) groups is 1. The summed E-state index contributed by atoms with van der Waals surface area (Å²) in [6.07, 6.45) is 4.08. The Labute approximate surface area is 132 Å². The summed E-state index contributed by atoms with van der Waals surface area (Å²) in [6.45, 7) is 6.04. The lowest BCUT2D eigenvalue weighted by atomic mass is 9.92. The monoisotopic (exact) mass is 319 g/mol. The summed E-state index contributed by atoms with van der Waals surface area (Å²) in [7, 11) is 0. The number of aryl methyl sites for hydroxylation is 1. The van der Waals surface area contributed by atoms with Crippen LogP contribution in [0.3, 0.4) is 0 Å². The molecular formula is C14H23Cl2N3O. The van der Waals surface area contributed by atoms with Gasteiger partial charge in [-0.2, -0.15) is 0 Å². The minimum atomic E-state index is -0.0151. The first-order valence-corrected chi connectivity index (χ1v) is 6.61. The Kier molecular flexibility index (Phi) is 8.78. The molecule has 1 amide bonds. The summed E-state index contributed by atoms with van der Waals surface area (Å²) in [4.78, 5) is 16.3. The van der Waals surface area contributed by atoms with E-state index >= 15 is 0 Å². The summed E-state index contributed by atoms with van der Waals surface area (Å²) in [5.74, 6) is 0.512. The smallest absolute Gasteiger partial charge is 0.253 e. The fourth-order valence-electron chi connectivity index (χ4n) is 2.43.